The normalized spacial score (nSPS) is 56.9. The van der Waals surface area contributed by atoms with E-state index in [1.165, 1.54) is 0 Å². The standard InChI is InChI=1S/C20H32O4/c1-11-7-15-17-14(4-5-19(15,2)18(11)24)20(10-21)6-3-13(22)8-12(20)9-16(17)23/h9,11,13-18,21-24H,3-8,10H2,1-2H3/t11-,13+,14?,15?,16+,17?,18+,19+,20-/m1/s1. The van der Waals surface area contributed by atoms with E-state index in [2.05, 4.69) is 13.8 Å². The van der Waals surface area contributed by atoms with Crippen LogP contribution in [0.25, 0.3) is 0 Å². The zero-order valence-electron chi connectivity index (χ0n) is 14.9. The highest BCUT2D eigenvalue weighted by atomic mass is 16.3. The Bertz CT molecular complexity index is 546. The number of aliphatic hydroxyl groups excluding tert-OH is 4. The van der Waals surface area contributed by atoms with Crippen molar-refractivity contribution < 1.29 is 20.4 Å². The maximum atomic E-state index is 11.0. The first kappa shape index (κ1) is 17.0. The van der Waals surface area contributed by atoms with Gasteiger partial charge in [-0.3, -0.25) is 0 Å². The van der Waals surface area contributed by atoms with Crippen molar-refractivity contribution in [2.24, 2.45) is 34.5 Å². The second-order valence-corrected chi connectivity index (χ2v) is 9.39. The van der Waals surface area contributed by atoms with E-state index in [0.29, 0.717) is 12.3 Å². The van der Waals surface area contributed by atoms with Crippen LogP contribution in [0.4, 0.5) is 0 Å². The fourth-order valence-electron chi connectivity index (χ4n) is 7.07. The molecule has 0 aromatic carbocycles. The van der Waals surface area contributed by atoms with E-state index in [9.17, 15) is 20.4 Å². The van der Waals surface area contributed by atoms with Gasteiger partial charge in [0.1, 0.15) is 0 Å². The maximum absolute atomic E-state index is 11.0. The van der Waals surface area contributed by atoms with E-state index < -0.39 is 6.10 Å². The molecule has 9 atom stereocenters. The highest BCUT2D eigenvalue weighted by Gasteiger charge is 2.62. The highest BCUT2D eigenvalue weighted by Crippen LogP contribution is 2.65. The van der Waals surface area contributed by atoms with Crippen LogP contribution in [-0.4, -0.2) is 45.3 Å². The predicted molar refractivity (Wildman–Crippen MR) is 91.1 cm³/mol. The Morgan fingerprint density at radius 3 is 2.58 bits per heavy atom. The summed E-state index contributed by atoms with van der Waals surface area (Å²) in [6, 6.07) is 0. The first-order chi connectivity index (χ1) is 11.3. The molecule has 4 N–H and O–H groups in total. The molecular formula is C20H32O4. The molecule has 0 aromatic heterocycles. The topological polar surface area (TPSA) is 80.9 Å². The highest BCUT2D eigenvalue weighted by molar-refractivity contribution is 5.29. The summed E-state index contributed by atoms with van der Waals surface area (Å²) >= 11 is 0. The van der Waals surface area contributed by atoms with Crippen molar-refractivity contribution in [3.63, 3.8) is 0 Å². The van der Waals surface area contributed by atoms with E-state index in [0.717, 1.165) is 37.7 Å². The molecule has 24 heavy (non-hydrogen) atoms. The van der Waals surface area contributed by atoms with Gasteiger partial charge in [0.15, 0.2) is 0 Å². The molecule has 0 spiro atoms. The van der Waals surface area contributed by atoms with Gasteiger partial charge >= 0.3 is 0 Å². The molecule has 0 bridgehead atoms. The summed E-state index contributed by atoms with van der Waals surface area (Å²) in [5.41, 5.74) is 0.701. The van der Waals surface area contributed by atoms with Crippen molar-refractivity contribution in [3.8, 4) is 0 Å². The molecule has 3 fully saturated rings. The lowest BCUT2D eigenvalue weighted by atomic mass is 9.47. The first-order valence-electron chi connectivity index (χ1n) is 9.69. The van der Waals surface area contributed by atoms with Gasteiger partial charge in [0.25, 0.3) is 0 Å². The second-order valence-electron chi connectivity index (χ2n) is 9.39. The quantitative estimate of drug-likeness (QED) is 0.551. The Balaban J connectivity index is 1.76. The van der Waals surface area contributed by atoms with Crippen LogP contribution < -0.4 is 0 Å². The number of hydrogen-bond donors (Lipinski definition) is 4. The largest absolute Gasteiger partial charge is 0.395 e. The second kappa shape index (κ2) is 5.54. The lowest BCUT2D eigenvalue weighted by Crippen LogP contribution is -2.57. The van der Waals surface area contributed by atoms with E-state index >= 15 is 0 Å². The van der Waals surface area contributed by atoms with Crippen LogP contribution in [0.3, 0.4) is 0 Å². The van der Waals surface area contributed by atoms with Gasteiger partial charge in [0, 0.05) is 5.41 Å². The zero-order chi connectivity index (χ0) is 17.3. The molecule has 0 aliphatic heterocycles. The summed E-state index contributed by atoms with van der Waals surface area (Å²) in [4.78, 5) is 0. The Hall–Kier alpha value is -0.420. The van der Waals surface area contributed by atoms with Crippen LogP contribution in [0.5, 0.6) is 0 Å². The zero-order valence-corrected chi connectivity index (χ0v) is 14.9. The molecule has 0 saturated heterocycles. The number of aliphatic hydroxyl groups is 4. The van der Waals surface area contributed by atoms with Crippen molar-refractivity contribution in [1.82, 2.24) is 0 Å². The minimum absolute atomic E-state index is 0.112. The minimum Gasteiger partial charge on any atom is -0.395 e. The Kier molecular flexibility index (Phi) is 3.93. The third-order valence-corrected chi connectivity index (χ3v) is 8.39. The molecule has 3 saturated carbocycles. The fraction of sp³-hybridized carbons (Fsp3) is 0.900. The number of fused-ring (bicyclic) bond motifs is 5. The lowest BCUT2D eigenvalue weighted by molar-refractivity contribution is -0.121. The van der Waals surface area contributed by atoms with Gasteiger partial charge in [-0.25, -0.2) is 0 Å². The van der Waals surface area contributed by atoms with E-state index in [1.807, 2.05) is 6.08 Å². The van der Waals surface area contributed by atoms with Gasteiger partial charge in [-0.15, -0.1) is 0 Å². The van der Waals surface area contributed by atoms with Crippen molar-refractivity contribution in [3.05, 3.63) is 11.6 Å². The van der Waals surface area contributed by atoms with Crippen molar-refractivity contribution in [2.75, 3.05) is 6.61 Å². The molecule has 0 heterocycles. The van der Waals surface area contributed by atoms with E-state index in [-0.39, 0.29) is 47.4 Å². The third-order valence-electron chi connectivity index (χ3n) is 8.39. The Morgan fingerprint density at radius 2 is 1.88 bits per heavy atom. The summed E-state index contributed by atoms with van der Waals surface area (Å²) in [6.07, 6.45) is 5.80. The first-order valence-corrected chi connectivity index (χ1v) is 9.69. The Morgan fingerprint density at radius 1 is 1.12 bits per heavy atom. The van der Waals surface area contributed by atoms with Crippen molar-refractivity contribution in [1.29, 1.82) is 0 Å². The van der Waals surface area contributed by atoms with Crippen LogP contribution >= 0.6 is 0 Å². The summed E-state index contributed by atoms with van der Waals surface area (Å²) in [6.45, 7) is 4.43. The average Bonchev–Trinajstić information content (AvgIpc) is 2.78. The smallest absolute Gasteiger partial charge is 0.0757 e. The molecule has 4 heteroatoms. The maximum Gasteiger partial charge on any atom is 0.0757 e. The monoisotopic (exact) mass is 336 g/mol. The van der Waals surface area contributed by atoms with Crippen LogP contribution in [0.2, 0.25) is 0 Å². The molecule has 0 amide bonds. The van der Waals surface area contributed by atoms with Gasteiger partial charge in [-0.1, -0.05) is 25.5 Å². The molecule has 3 unspecified atom stereocenters. The van der Waals surface area contributed by atoms with Gasteiger partial charge in [0.2, 0.25) is 0 Å². The van der Waals surface area contributed by atoms with Crippen LogP contribution in [-0.2, 0) is 0 Å². The number of hydrogen-bond acceptors (Lipinski definition) is 4. The molecule has 4 aliphatic rings. The summed E-state index contributed by atoms with van der Waals surface area (Å²) < 4.78 is 0. The minimum atomic E-state index is -0.517. The summed E-state index contributed by atoms with van der Waals surface area (Å²) in [7, 11) is 0. The summed E-state index contributed by atoms with van der Waals surface area (Å²) in [5.74, 6) is 0.967. The Labute approximate surface area is 144 Å². The SMILES string of the molecule is C[C@@H]1CC2C3C(CC[C@]2(C)[C@H]1O)[C@@]1(CO)CC[C@H](O)CC1=C[C@@H]3O. The fourth-order valence-corrected chi connectivity index (χ4v) is 7.07. The van der Waals surface area contributed by atoms with Crippen molar-refractivity contribution >= 4 is 0 Å². The van der Waals surface area contributed by atoms with Crippen LogP contribution in [0, 0.1) is 34.5 Å². The van der Waals surface area contributed by atoms with Gasteiger partial charge in [-0.05, 0) is 67.6 Å². The summed E-state index contributed by atoms with van der Waals surface area (Å²) in [5, 5.41) is 42.1. The molecular weight excluding hydrogens is 304 g/mol. The molecule has 4 nitrogen and oxygen atoms in total. The van der Waals surface area contributed by atoms with Gasteiger partial charge < -0.3 is 20.4 Å². The van der Waals surface area contributed by atoms with Crippen molar-refractivity contribution in [2.45, 2.75) is 70.7 Å². The average molecular weight is 336 g/mol. The van der Waals surface area contributed by atoms with Crippen LogP contribution in [0.15, 0.2) is 11.6 Å². The van der Waals surface area contributed by atoms with Crippen LogP contribution in [0.1, 0.15) is 52.4 Å². The molecule has 0 radical (unpaired) electrons. The van der Waals surface area contributed by atoms with Gasteiger partial charge in [0.05, 0.1) is 24.9 Å². The molecule has 136 valence electrons. The van der Waals surface area contributed by atoms with Gasteiger partial charge in [-0.2, -0.15) is 0 Å². The number of rotatable bonds is 1. The van der Waals surface area contributed by atoms with E-state index in [1.54, 1.807) is 0 Å². The molecule has 4 rings (SSSR count). The van der Waals surface area contributed by atoms with E-state index in [4.69, 9.17) is 0 Å². The third kappa shape index (κ3) is 2.06. The molecule has 4 aliphatic carbocycles. The predicted octanol–water partition coefficient (Wildman–Crippen LogP) is 1.86. The molecule has 0 aromatic rings. The lowest BCUT2D eigenvalue weighted by Gasteiger charge is -2.59.